The van der Waals surface area contributed by atoms with E-state index in [1.54, 1.807) is 24.3 Å². The minimum atomic E-state index is -0.280. The number of anilines is 1. The standard InChI is InChI=1S/C17H15Cl2NO2/c1-2-22-14-7-3-12(4-8-14)5-10-17(21)20-16-11-13(18)6-9-15(16)19/h3-11H,2H2,1H3,(H,20,21)/b10-5+. The quantitative estimate of drug-likeness (QED) is 0.777. The van der Waals surface area contributed by atoms with E-state index in [0.717, 1.165) is 11.3 Å². The van der Waals surface area contributed by atoms with Crippen LogP contribution in [0.5, 0.6) is 5.75 Å². The van der Waals surface area contributed by atoms with Crippen molar-refractivity contribution >= 4 is 40.9 Å². The Morgan fingerprint density at radius 2 is 1.91 bits per heavy atom. The van der Waals surface area contributed by atoms with Crippen LogP contribution < -0.4 is 10.1 Å². The molecule has 114 valence electrons. The number of benzene rings is 2. The van der Waals surface area contributed by atoms with Crippen molar-refractivity contribution < 1.29 is 9.53 Å². The first-order valence-corrected chi connectivity index (χ1v) is 7.51. The summed E-state index contributed by atoms with van der Waals surface area (Å²) in [6.45, 7) is 2.55. The van der Waals surface area contributed by atoms with Crippen LogP contribution in [0.1, 0.15) is 12.5 Å². The summed E-state index contributed by atoms with van der Waals surface area (Å²) in [5.74, 6) is 0.521. The monoisotopic (exact) mass is 335 g/mol. The maximum Gasteiger partial charge on any atom is 0.248 e. The summed E-state index contributed by atoms with van der Waals surface area (Å²) >= 11 is 11.9. The molecular weight excluding hydrogens is 321 g/mol. The summed E-state index contributed by atoms with van der Waals surface area (Å²) in [7, 11) is 0. The molecule has 3 nitrogen and oxygen atoms in total. The van der Waals surface area contributed by atoms with Gasteiger partial charge in [0.15, 0.2) is 0 Å². The smallest absolute Gasteiger partial charge is 0.248 e. The lowest BCUT2D eigenvalue weighted by molar-refractivity contribution is -0.111. The highest BCUT2D eigenvalue weighted by atomic mass is 35.5. The molecule has 0 aliphatic rings. The fraction of sp³-hybridized carbons (Fsp3) is 0.118. The third kappa shape index (κ3) is 4.79. The zero-order chi connectivity index (χ0) is 15.9. The summed E-state index contributed by atoms with van der Waals surface area (Å²) in [6.07, 6.45) is 3.15. The average Bonchev–Trinajstić information content (AvgIpc) is 2.51. The molecule has 22 heavy (non-hydrogen) atoms. The van der Waals surface area contributed by atoms with Crippen LogP contribution in [0.4, 0.5) is 5.69 Å². The first kappa shape index (κ1) is 16.4. The number of rotatable bonds is 5. The third-order valence-electron chi connectivity index (χ3n) is 2.80. The molecule has 0 saturated carbocycles. The molecule has 0 unspecified atom stereocenters. The van der Waals surface area contributed by atoms with Gasteiger partial charge in [0.2, 0.25) is 5.91 Å². The Morgan fingerprint density at radius 1 is 1.18 bits per heavy atom. The molecular formula is C17H15Cl2NO2. The number of carbonyl (C=O) groups excluding carboxylic acids is 1. The van der Waals surface area contributed by atoms with Crippen LogP contribution in [0.25, 0.3) is 6.08 Å². The summed E-state index contributed by atoms with van der Waals surface area (Å²) < 4.78 is 5.36. The lowest BCUT2D eigenvalue weighted by Gasteiger charge is -2.05. The highest BCUT2D eigenvalue weighted by molar-refractivity contribution is 6.35. The van der Waals surface area contributed by atoms with Crippen LogP contribution in [-0.4, -0.2) is 12.5 Å². The molecule has 2 aromatic rings. The summed E-state index contributed by atoms with van der Waals surface area (Å²) in [4.78, 5) is 11.9. The topological polar surface area (TPSA) is 38.3 Å². The number of hydrogen-bond acceptors (Lipinski definition) is 2. The number of carbonyl (C=O) groups is 1. The molecule has 0 bridgehead atoms. The van der Waals surface area contributed by atoms with Crippen molar-refractivity contribution in [3.05, 3.63) is 64.1 Å². The van der Waals surface area contributed by atoms with Crippen LogP contribution in [0, 0.1) is 0 Å². The van der Waals surface area contributed by atoms with Crippen molar-refractivity contribution in [2.75, 3.05) is 11.9 Å². The third-order valence-corrected chi connectivity index (χ3v) is 3.37. The van der Waals surface area contributed by atoms with E-state index >= 15 is 0 Å². The summed E-state index contributed by atoms with van der Waals surface area (Å²) in [5, 5.41) is 3.63. The molecule has 0 radical (unpaired) electrons. The Morgan fingerprint density at radius 3 is 2.59 bits per heavy atom. The van der Waals surface area contributed by atoms with E-state index in [9.17, 15) is 4.79 Å². The number of nitrogens with one attached hydrogen (secondary N) is 1. The second-order valence-electron chi connectivity index (χ2n) is 4.45. The van der Waals surface area contributed by atoms with Gasteiger partial charge in [0, 0.05) is 11.1 Å². The van der Waals surface area contributed by atoms with Gasteiger partial charge in [-0.25, -0.2) is 0 Å². The number of amides is 1. The first-order chi connectivity index (χ1) is 10.6. The zero-order valence-corrected chi connectivity index (χ0v) is 13.5. The van der Waals surface area contributed by atoms with Crippen molar-refractivity contribution in [2.45, 2.75) is 6.92 Å². The van der Waals surface area contributed by atoms with E-state index in [2.05, 4.69) is 5.32 Å². The summed E-state index contributed by atoms with van der Waals surface area (Å²) in [5.41, 5.74) is 1.38. The highest BCUT2D eigenvalue weighted by Crippen LogP contribution is 2.25. The molecule has 2 rings (SSSR count). The minimum Gasteiger partial charge on any atom is -0.494 e. The van der Waals surface area contributed by atoms with Gasteiger partial charge in [-0.1, -0.05) is 35.3 Å². The van der Waals surface area contributed by atoms with Crippen molar-refractivity contribution in [3.63, 3.8) is 0 Å². The normalized spacial score (nSPS) is 10.7. The van der Waals surface area contributed by atoms with Crippen molar-refractivity contribution in [1.82, 2.24) is 0 Å². The van der Waals surface area contributed by atoms with Gasteiger partial charge in [-0.05, 0) is 48.9 Å². The van der Waals surface area contributed by atoms with Crippen molar-refractivity contribution in [2.24, 2.45) is 0 Å². The van der Waals surface area contributed by atoms with Crippen LogP contribution >= 0.6 is 23.2 Å². The second kappa shape index (κ2) is 7.87. The Kier molecular flexibility index (Phi) is 5.87. The largest absolute Gasteiger partial charge is 0.494 e. The Hall–Kier alpha value is -1.97. The Bertz CT molecular complexity index is 682. The Labute approximate surface area is 139 Å². The molecule has 5 heteroatoms. The predicted molar refractivity (Wildman–Crippen MR) is 91.7 cm³/mol. The van der Waals surface area contributed by atoms with E-state index < -0.39 is 0 Å². The van der Waals surface area contributed by atoms with E-state index in [4.69, 9.17) is 27.9 Å². The number of hydrogen-bond donors (Lipinski definition) is 1. The molecule has 0 aromatic heterocycles. The number of halogens is 2. The fourth-order valence-corrected chi connectivity index (χ4v) is 2.12. The van der Waals surface area contributed by atoms with E-state index in [0.29, 0.717) is 22.3 Å². The van der Waals surface area contributed by atoms with Gasteiger partial charge in [0.1, 0.15) is 5.75 Å². The second-order valence-corrected chi connectivity index (χ2v) is 5.29. The van der Waals surface area contributed by atoms with E-state index in [-0.39, 0.29) is 5.91 Å². The molecule has 2 aromatic carbocycles. The molecule has 0 aliphatic heterocycles. The summed E-state index contributed by atoms with van der Waals surface area (Å²) in [6, 6.07) is 12.4. The van der Waals surface area contributed by atoms with Crippen molar-refractivity contribution in [3.8, 4) is 5.75 Å². The van der Waals surface area contributed by atoms with Gasteiger partial charge in [0.05, 0.1) is 17.3 Å². The highest BCUT2D eigenvalue weighted by Gasteiger charge is 2.04. The van der Waals surface area contributed by atoms with Gasteiger partial charge >= 0.3 is 0 Å². The molecule has 0 aliphatic carbocycles. The van der Waals surface area contributed by atoms with Gasteiger partial charge < -0.3 is 10.1 Å². The van der Waals surface area contributed by atoms with Crippen LogP contribution in [0.15, 0.2) is 48.5 Å². The van der Waals surface area contributed by atoms with Crippen LogP contribution in [0.2, 0.25) is 10.0 Å². The van der Waals surface area contributed by atoms with Gasteiger partial charge in [-0.15, -0.1) is 0 Å². The van der Waals surface area contributed by atoms with Crippen molar-refractivity contribution in [1.29, 1.82) is 0 Å². The maximum absolute atomic E-state index is 11.9. The SMILES string of the molecule is CCOc1ccc(/C=C/C(=O)Nc2cc(Cl)ccc2Cl)cc1. The lowest BCUT2D eigenvalue weighted by atomic mass is 10.2. The van der Waals surface area contributed by atoms with Gasteiger partial charge in [-0.2, -0.15) is 0 Å². The molecule has 1 amide bonds. The number of ether oxygens (including phenoxy) is 1. The first-order valence-electron chi connectivity index (χ1n) is 6.75. The van der Waals surface area contributed by atoms with Crippen LogP contribution in [-0.2, 0) is 4.79 Å². The average molecular weight is 336 g/mol. The predicted octanol–water partition coefficient (Wildman–Crippen LogP) is 5.04. The molecule has 0 spiro atoms. The van der Waals surface area contributed by atoms with Gasteiger partial charge in [0.25, 0.3) is 0 Å². The molecule has 0 saturated heterocycles. The lowest BCUT2D eigenvalue weighted by Crippen LogP contribution is -2.08. The molecule has 0 atom stereocenters. The van der Waals surface area contributed by atoms with E-state index in [1.165, 1.54) is 6.08 Å². The molecule has 0 heterocycles. The molecule has 0 fully saturated rings. The fourth-order valence-electron chi connectivity index (χ4n) is 1.78. The van der Waals surface area contributed by atoms with Gasteiger partial charge in [-0.3, -0.25) is 4.79 Å². The minimum absolute atomic E-state index is 0.280. The van der Waals surface area contributed by atoms with E-state index in [1.807, 2.05) is 31.2 Å². The maximum atomic E-state index is 11.9. The molecule has 1 N–H and O–H groups in total. The zero-order valence-electron chi connectivity index (χ0n) is 12.0. The van der Waals surface area contributed by atoms with Crippen LogP contribution in [0.3, 0.4) is 0 Å². The Balaban J connectivity index is 2.00.